The number of aromatic nitrogens is 1. The number of rotatable bonds is 7. The maximum Gasteiger partial charge on any atom is 0.221 e. The van der Waals surface area contributed by atoms with Gasteiger partial charge in [-0.3, -0.25) is 4.79 Å². The number of amides is 1. The van der Waals surface area contributed by atoms with Gasteiger partial charge in [0.15, 0.2) is 0 Å². The van der Waals surface area contributed by atoms with E-state index in [-0.39, 0.29) is 11.9 Å². The van der Waals surface area contributed by atoms with E-state index in [9.17, 15) is 4.79 Å². The van der Waals surface area contributed by atoms with Gasteiger partial charge in [0.25, 0.3) is 0 Å². The summed E-state index contributed by atoms with van der Waals surface area (Å²) in [6, 6.07) is 19.8. The molecule has 5 rings (SSSR count). The van der Waals surface area contributed by atoms with Crippen LogP contribution in [0.2, 0.25) is 0 Å². The maximum atomic E-state index is 11.2. The van der Waals surface area contributed by atoms with Gasteiger partial charge in [-0.2, -0.15) is 0 Å². The average molecular weight is 472 g/mol. The van der Waals surface area contributed by atoms with E-state index in [0.717, 1.165) is 46.8 Å². The molecule has 0 bridgehead atoms. The average Bonchev–Trinajstić information content (AvgIpc) is 3.25. The Labute approximate surface area is 204 Å². The first kappa shape index (κ1) is 22.8. The van der Waals surface area contributed by atoms with E-state index in [4.69, 9.17) is 14.2 Å². The first-order valence-corrected chi connectivity index (χ1v) is 11.6. The molecule has 0 radical (unpaired) electrons. The molecule has 0 saturated carbocycles. The number of carbonyl (C=O) groups is 1. The second-order valence-electron chi connectivity index (χ2n) is 8.63. The van der Waals surface area contributed by atoms with Crippen molar-refractivity contribution in [3.8, 4) is 17.2 Å². The second-order valence-corrected chi connectivity index (χ2v) is 8.63. The molecule has 0 saturated heterocycles. The van der Waals surface area contributed by atoms with Crippen LogP contribution in [0, 0.1) is 0 Å². The van der Waals surface area contributed by atoms with Crippen molar-refractivity contribution in [1.82, 2.24) is 10.3 Å². The highest BCUT2D eigenvalue weighted by Gasteiger charge is 2.26. The summed E-state index contributed by atoms with van der Waals surface area (Å²) in [6.07, 6.45) is 0.958. The van der Waals surface area contributed by atoms with E-state index in [1.54, 1.807) is 14.2 Å². The topological polar surface area (TPSA) is 84.6 Å². The van der Waals surface area contributed by atoms with Crippen molar-refractivity contribution in [3.05, 3.63) is 83.0 Å². The fourth-order valence-electron chi connectivity index (χ4n) is 4.71. The molecular formula is C28H29N3O4. The predicted molar refractivity (Wildman–Crippen MR) is 136 cm³/mol. The molecule has 7 nitrogen and oxygen atoms in total. The number of H-pyrrole nitrogens is 1. The molecule has 0 spiro atoms. The normalized spacial score (nSPS) is 14.9. The Bertz CT molecular complexity index is 1360. The van der Waals surface area contributed by atoms with Gasteiger partial charge in [0.05, 0.1) is 20.3 Å². The predicted octanol–water partition coefficient (Wildman–Crippen LogP) is 4.96. The number of methoxy groups -OCH3 is 2. The molecule has 1 aromatic heterocycles. The lowest BCUT2D eigenvalue weighted by molar-refractivity contribution is -0.114. The lowest BCUT2D eigenvalue weighted by Gasteiger charge is -2.25. The van der Waals surface area contributed by atoms with E-state index in [1.807, 2.05) is 36.4 Å². The highest BCUT2D eigenvalue weighted by molar-refractivity contribution is 5.88. The fraction of sp³-hybridized carbons (Fsp3) is 0.250. The smallest absolute Gasteiger partial charge is 0.221 e. The summed E-state index contributed by atoms with van der Waals surface area (Å²) in [7, 11) is 3.37. The number of hydrogen-bond acceptors (Lipinski definition) is 5. The monoisotopic (exact) mass is 471 g/mol. The molecule has 1 aliphatic rings. The minimum atomic E-state index is -0.103. The van der Waals surface area contributed by atoms with Crippen LogP contribution >= 0.6 is 0 Å². The molecule has 0 aliphatic carbocycles. The zero-order chi connectivity index (χ0) is 24.4. The van der Waals surface area contributed by atoms with Gasteiger partial charge in [0.1, 0.15) is 23.9 Å². The molecule has 0 fully saturated rings. The van der Waals surface area contributed by atoms with Crippen LogP contribution in [0.4, 0.5) is 5.69 Å². The molecule has 0 unspecified atom stereocenters. The first-order valence-electron chi connectivity index (χ1n) is 11.6. The lowest BCUT2D eigenvalue weighted by atomic mass is 9.93. The summed E-state index contributed by atoms with van der Waals surface area (Å²) < 4.78 is 17.1. The van der Waals surface area contributed by atoms with Crippen LogP contribution in [0.5, 0.6) is 17.2 Å². The number of ether oxygens (including phenoxy) is 3. The SMILES string of the molecule is COc1ccc2[nH]c3c(c2c1)CCN[C@@H]3c1ccc(OC)c(COc2ccc(NC(C)=O)cc2)c1. The van der Waals surface area contributed by atoms with Crippen LogP contribution in [0.1, 0.15) is 35.3 Å². The lowest BCUT2D eigenvalue weighted by Crippen LogP contribution is -2.30. The van der Waals surface area contributed by atoms with Crippen molar-refractivity contribution in [1.29, 1.82) is 0 Å². The molecule has 2 heterocycles. The molecule has 35 heavy (non-hydrogen) atoms. The van der Waals surface area contributed by atoms with Gasteiger partial charge < -0.3 is 29.8 Å². The number of benzene rings is 3. The summed E-state index contributed by atoms with van der Waals surface area (Å²) in [5.74, 6) is 2.26. The van der Waals surface area contributed by atoms with Crippen LogP contribution in [0.15, 0.2) is 60.7 Å². The first-order chi connectivity index (χ1) is 17.1. The van der Waals surface area contributed by atoms with Crippen LogP contribution in [0.25, 0.3) is 10.9 Å². The summed E-state index contributed by atoms with van der Waals surface area (Å²) >= 11 is 0. The summed E-state index contributed by atoms with van der Waals surface area (Å²) in [6.45, 7) is 2.74. The number of hydrogen-bond donors (Lipinski definition) is 3. The largest absolute Gasteiger partial charge is 0.497 e. The summed E-state index contributed by atoms with van der Waals surface area (Å²) in [4.78, 5) is 14.9. The summed E-state index contributed by atoms with van der Waals surface area (Å²) in [5.41, 5.74) is 6.47. The van der Waals surface area contributed by atoms with Gasteiger partial charge in [0.2, 0.25) is 5.91 Å². The van der Waals surface area contributed by atoms with Gasteiger partial charge in [-0.1, -0.05) is 6.07 Å². The minimum absolute atomic E-state index is 0.0405. The van der Waals surface area contributed by atoms with E-state index in [2.05, 4.69) is 39.9 Å². The number of carbonyl (C=O) groups excluding carboxylic acids is 1. The minimum Gasteiger partial charge on any atom is -0.497 e. The van der Waals surface area contributed by atoms with Gasteiger partial charge in [-0.05, 0) is 72.1 Å². The van der Waals surface area contributed by atoms with Crippen LogP contribution in [0.3, 0.4) is 0 Å². The highest BCUT2D eigenvalue weighted by atomic mass is 16.5. The Morgan fingerprint density at radius 1 is 1.00 bits per heavy atom. The number of fused-ring (bicyclic) bond motifs is 3. The Kier molecular flexibility index (Phi) is 6.33. The Balaban J connectivity index is 1.41. The van der Waals surface area contributed by atoms with Crippen LogP contribution in [-0.2, 0) is 17.8 Å². The molecular weight excluding hydrogens is 442 g/mol. The number of aromatic amines is 1. The van der Waals surface area contributed by atoms with Crippen molar-refractivity contribution >= 4 is 22.5 Å². The zero-order valence-electron chi connectivity index (χ0n) is 20.1. The fourth-order valence-corrected chi connectivity index (χ4v) is 4.71. The quantitative estimate of drug-likeness (QED) is 0.355. The van der Waals surface area contributed by atoms with E-state index >= 15 is 0 Å². The second kappa shape index (κ2) is 9.72. The Hall–Kier alpha value is -3.97. The maximum absolute atomic E-state index is 11.2. The van der Waals surface area contributed by atoms with Crippen molar-refractivity contribution in [3.63, 3.8) is 0 Å². The van der Waals surface area contributed by atoms with Gasteiger partial charge in [-0.15, -0.1) is 0 Å². The molecule has 3 N–H and O–H groups in total. The standard InChI is InChI=1S/C28H29N3O4/c1-17(32)30-20-5-7-21(8-6-20)35-16-19-14-18(4-11-26(19)34-3)27-28-23(12-13-29-27)24-15-22(33-2)9-10-25(24)31-28/h4-11,14-15,27,29,31H,12-13,16H2,1-3H3,(H,30,32)/t27-/m1/s1. The molecule has 1 amide bonds. The molecule has 1 aliphatic heterocycles. The Morgan fingerprint density at radius 2 is 1.80 bits per heavy atom. The van der Waals surface area contributed by atoms with E-state index in [0.29, 0.717) is 12.4 Å². The number of anilines is 1. The molecule has 7 heteroatoms. The molecule has 4 aromatic rings. The van der Waals surface area contributed by atoms with Crippen LogP contribution < -0.4 is 24.8 Å². The van der Waals surface area contributed by atoms with E-state index < -0.39 is 0 Å². The third kappa shape index (κ3) is 4.68. The Morgan fingerprint density at radius 3 is 2.54 bits per heavy atom. The zero-order valence-corrected chi connectivity index (χ0v) is 20.1. The third-order valence-corrected chi connectivity index (χ3v) is 6.37. The van der Waals surface area contributed by atoms with Crippen molar-refractivity contribution in [2.45, 2.75) is 26.0 Å². The molecule has 3 aromatic carbocycles. The van der Waals surface area contributed by atoms with Gasteiger partial charge >= 0.3 is 0 Å². The molecule has 1 atom stereocenters. The van der Waals surface area contributed by atoms with Crippen molar-refractivity contribution in [2.24, 2.45) is 0 Å². The highest BCUT2D eigenvalue weighted by Crippen LogP contribution is 2.36. The van der Waals surface area contributed by atoms with Crippen molar-refractivity contribution in [2.75, 3.05) is 26.1 Å². The summed E-state index contributed by atoms with van der Waals surface area (Å²) in [5, 5.41) is 7.64. The van der Waals surface area contributed by atoms with E-state index in [1.165, 1.54) is 23.6 Å². The van der Waals surface area contributed by atoms with Crippen molar-refractivity contribution < 1.29 is 19.0 Å². The van der Waals surface area contributed by atoms with Gasteiger partial charge in [-0.25, -0.2) is 0 Å². The van der Waals surface area contributed by atoms with Gasteiger partial charge in [0, 0.05) is 41.3 Å². The third-order valence-electron chi connectivity index (χ3n) is 6.37. The number of nitrogens with one attached hydrogen (secondary N) is 3. The molecule has 180 valence electrons. The van der Waals surface area contributed by atoms with Crippen LogP contribution in [-0.4, -0.2) is 31.7 Å².